The van der Waals surface area contributed by atoms with Gasteiger partial charge in [0.2, 0.25) is 5.56 Å². The third-order valence-corrected chi connectivity index (χ3v) is 3.91. The Bertz CT molecular complexity index is 682. The molecule has 0 atom stereocenters. The Morgan fingerprint density at radius 1 is 1.33 bits per heavy atom. The van der Waals surface area contributed by atoms with Crippen LogP contribution in [-0.2, 0) is 39.3 Å². The van der Waals surface area contributed by atoms with Crippen molar-refractivity contribution in [3.63, 3.8) is 0 Å². The summed E-state index contributed by atoms with van der Waals surface area (Å²) in [5.41, 5.74) is 2.97. The molecule has 0 N–H and O–H groups in total. The molecule has 5 heteroatoms. The van der Waals surface area contributed by atoms with Crippen LogP contribution in [0.5, 0.6) is 5.75 Å². The maximum Gasteiger partial charge on any atom is 0.207 e. The first-order valence-corrected chi connectivity index (χ1v) is 7.71. The van der Waals surface area contributed by atoms with E-state index >= 15 is 0 Å². The van der Waals surface area contributed by atoms with Crippen molar-refractivity contribution in [2.24, 2.45) is 0 Å². The summed E-state index contributed by atoms with van der Waals surface area (Å²) in [5, 5.41) is 0. The average molecular weight is 471 g/mol. The van der Waals surface area contributed by atoms with Crippen molar-refractivity contribution < 1.29 is 37.4 Å². The molecule has 0 saturated heterocycles. The van der Waals surface area contributed by atoms with E-state index in [1.165, 1.54) is 0 Å². The normalized spacial score (nSPS) is 10.1. The molecule has 1 aromatic heterocycles. The van der Waals surface area contributed by atoms with Crippen LogP contribution in [0.2, 0.25) is 0 Å². The molecule has 109 valence electrons. The maximum atomic E-state index is 12.2. The van der Waals surface area contributed by atoms with Gasteiger partial charge in [-0.1, -0.05) is 23.7 Å². The van der Waals surface area contributed by atoms with E-state index in [-0.39, 0.29) is 38.3 Å². The van der Waals surface area contributed by atoms with Crippen molar-refractivity contribution in [2.75, 3.05) is 6.61 Å². The standard InChI is InChI=1S/C16H17INO2.Y/c1-4-18-15(9-8-14(17)16(18)19)13-7-6-12(20-5-2)10-11(13)3;/h6-8,10H,4-5H2,1-3H3;/q-1;. The topological polar surface area (TPSA) is 31.2 Å². The number of ether oxygens (including phenoxy) is 1. The third-order valence-electron chi connectivity index (χ3n) is 3.14. The maximum absolute atomic E-state index is 12.2. The summed E-state index contributed by atoms with van der Waals surface area (Å²) >= 11 is 2.05. The number of aryl methyl sites for hydroxylation is 1. The van der Waals surface area contributed by atoms with Gasteiger partial charge >= 0.3 is 0 Å². The average Bonchev–Trinajstić information content (AvgIpc) is 2.43. The third kappa shape index (κ3) is 4.17. The summed E-state index contributed by atoms with van der Waals surface area (Å²) < 4.78 is 7.94. The molecule has 0 bridgehead atoms. The zero-order chi connectivity index (χ0) is 14.7. The molecule has 0 aliphatic rings. The predicted molar refractivity (Wildman–Crippen MR) is 89.3 cm³/mol. The molecule has 2 rings (SSSR count). The van der Waals surface area contributed by atoms with Crippen LogP contribution < -0.4 is 10.3 Å². The number of pyridine rings is 1. The summed E-state index contributed by atoms with van der Waals surface area (Å²) in [6.45, 7) is 7.24. The van der Waals surface area contributed by atoms with E-state index in [9.17, 15) is 4.79 Å². The van der Waals surface area contributed by atoms with E-state index in [1.54, 1.807) is 10.6 Å². The van der Waals surface area contributed by atoms with Crippen molar-refractivity contribution >= 4 is 22.6 Å². The van der Waals surface area contributed by atoms with Gasteiger partial charge in [-0.15, -0.1) is 28.7 Å². The van der Waals surface area contributed by atoms with E-state index in [2.05, 4.69) is 6.07 Å². The quantitative estimate of drug-likeness (QED) is 0.504. The van der Waals surface area contributed by atoms with Crippen molar-refractivity contribution in [1.82, 2.24) is 4.57 Å². The zero-order valence-electron chi connectivity index (χ0n) is 12.4. The van der Waals surface area contributed by atoms with Crippen LogP contribution >= 0.6 is 22.6 Å². The number of nitrogens with zero attached hydrogens (tertiary/aromatic N) is 1. The van der Waals surface area contributed by atoms with Crippen LogP contribution in [-0.4, -0.2) is 11.2 Å². The summed E-state index contributed by atoms with van der Waals surface area (Å²) in [6, 6.07) is 10.9. The van der Waals surface area contributed by atoms with Gasteiger partial charge in [0.05, 0.1) is 6.61 Å². The molecule has 1 aromatic carbocycles. The molecular formula is C16H17INO2Y-. The minimum Gasteiger partial charge on any atom is -0.494 e. The van der Waals surface area contributed by atoms with Gasteiger partial charge in [0.1, 0.15) is 5.75 Å². The van der Waals surface area contributed by atoms with Crippen LogP contribution in [0.25, 0.3) is 11.3 Å². The number of rotatable bonds is 4. The second-order valence-electron chi connectivity index (χ2n) is 4.44. The van der Waals surface area contributed by atoms with Gasteiger partial charge in [0.25, 0.3) is 0 Å². The van der Waals surface area contributed by atoms with E-state index < -0.39 is 0 Å². The van der Waals surface area contributed by atoms with E-state index in [1.807, 2.05) is 61.6 Å². The van der Waals surface area contributed by atoms with Gasteiger partial charge in [0.15, 0.2) is 0 Å². The molecular weight excluding hydrogens is 454 g/mol. The smallest absolute Gasteiger partial charge is 0.207 e. The minimum absolute atomic E-state index is 0. The number of hydrogen-bond acceptors (Lipinski definition) is 2. The van der Waals surface area contributed by atoms with Crippen LogP contribution in [0, 0.1) is 16.6 Å². The summed E-state index contributed by atoms with van der Waals surface area (Å²) in [5.74, 6) is 0.852. The molecule has 1 heterocycles. The molecule has 2 aromatic rings. The van der Waals surface area contributed by atoms with Gasteiger partial charge < -0.3 is 9.30 Å². The summed E-state index contributed by atoms with van der Waals surface area (Å²) in [4.78, 5) is 12.2. The Balaban J connectivity index is 0.00000220. The Kier molecular flexibility index (Phi) is 7.58. The monoisotopic (exact) mass is 471 g/mol. The van der Waals surface area contributed by atoms with Gasteiger partial charge in [-0.2, -0.15) is 12.1 Å². The molecule has 0 aliphatic carbocycles. The van der Waals surface area contributed by atoms with Gasteiger partial charge in [-0.05, 0) is 29.6 Å². The molecule has 21 heavy (non-hydrogen) atoms. The molecule has 0 saturated carbocycles. The fourth-order valence-corrected chi connectivity index (χ4v) is 2.63. The van der Waals surface area contributed by atoms with Crippen LogP contribution in [0.3, 0.4) is 0 Å². The molecule has 3 nitrogen and oxygen atoms in total. The second kappa shape index (κ2) is 8.44. The molecule has 0 spiro atoms. The summed E-state index contributed by atoms with van der Waals surface area (Å²) in [6.07, 6.45) is 0. The minimum atomic E-state index is 0. The first kappa shape index (κ1) is 18.9. The fraction of sp³-hybridized carbons (Fsp3) is 0.312. The molecule has 0 amide bonds. The molecule has 0 unspecified atom stereocenters. The Hall–Kier alpha value is -0.196. The van der Waals surface area contributed by atoms with E-state index in [0.29, 0.717) is 16.7 Å². The fourth-order valence-electron chi connectivity index (χ4n) is 2.19. The van der Waals surface area contributed by atoms with Crippen molar-refractivity contribution in [1.29, 1.82) is 0 Å². The van der Waals surface area contributed by atoms with Crippen LogP contribution in [0.15, 0.2) is 29.1 Å². The van der Waals surface area contributed by atoms with Gasteiger partial charge in [-0.25, -0.2) is 0 Å². The number of hydrogen-bond donors (Lipinski definition) is 0. The van der Waals surface area contributed by atoms with Crippen LogP contribution in [0.4, 0.5) is 0 Å². The van der Waals surface area contributed by atoms with Gasteiger partial charge in [-0.3, -0.25) is 4.79 Å². The van der Waals surface area contributed by atoms with Crippen molar-refractivity contribution in [2.45, 2.75) is 27.3 Å². The molecule has 1 radical (unpaired) electrons. The SMILES string of the molecule is CCOc1ccc(-c2[c-]cc(I)c(=O)n2CC)c(C)c1.[Y]. The first-order chi connectivity index (χ1) is 9.58. The number of halogens is 1. The second-order valence-corrected chi connectivity index (χ2v) is 5.61. The van der Waals surface area contributed by atoms with Gasteiger partial charge in [0, 0.05) is 39.3 Å². The molecule has 0 aliphatic heterocycles. The first-order valence-electron chi connectivity index (χ1n) is 6.63. The van der Waals surface area contributed by atoms with Crippen molar-refractivity contribution in [3.05, 3.63) is 49.8 Å². The predicted octanol–water partition coefficient (Wildman–Crippen LogP) is 3.64. The Morgan fingerprint density at radius 3 is 2.62 bits per heavy atom. The van der Waals surface area contributed by atoms with Crippen LogP contribution in [0.1, 0.15) is 19.4 Å². The zero-order valence-corrected chi connectivity index (χ0v) is 17.4. The Morgan fingerprint density at radius 2 is 2.05 bits per heavy atom. The van der Waals surface area contributed by atoms with E-state index in [0.717, 1.165) is 22.6 Å². The molecule has 0 fully saturated rings. The number of benzene rings is 1. The van der Waals surface area contributed by atoms with E-state index in [4.69, 9.17) is 4.74 Å². The number of aromatic nitrogens is 1. The Labute approximate surface area is 164 Å². The largest absolute Gasteiger partial charge is 0.494 e. The summed E-state index contributed by atoms with van der Waals surface area (Å²) in [7, 11) is 0. The van der Waals surface area contributed by atoms with Crippen molar-refractivity contribution in [3.8, 4) is 17.0 Å².